The molecule has 0 saturated heterocycles. The van der Waals surface area contributed by atoms with E-state index in [4.69, 9.17) is 10.5 Å². The number of nitrogens with two attached hydrogens (primary N) is 1. The fourth-order valence-corrected chi connectivity index (χ4v) is 8.41. The van der Waals surface area contributed by atoms with Crippen molar-refractivity contribution in [3.8, 4) is 11.5 Å². The highest BCUT2D eigenvalue weighted by Gasteiger charge is 2.18. The fraction of sp³-hybridized carbons (Fsp3) is 0.212. The Kier molecular flexibility index (Phi) is 18.2. The van der Waals surface area contributed by atoms with Gasteiger partial charge in [0, 0.05) is 43.3 Å². The summed E-state index contributed by atoms with van der Waals surface area (Å²) in [6, 6.07) is 16.4. The van der Waals surface area contributed by atoms with Gasteiger partial charge in [0.15, 0.2) is 48.0 Å². The lowest BCUT2D eigenvalue weighted by Gasteiger charge is -2.10. The third kappa shape index (κ3) is 15.2. The highest BCUT2D eigenvalue weighted by molar-refractivity contribution is 9.10. The SMILES string of the molecule is COC(=O)COc1c(F)cc(SCCNS(=O)(=O)c2ccc(Br)cc2)cc1F.NC(=O)COc1c(F)cc(SCCNS(=O)(=O)c2ccc(Br)cc2)cc1F. The van der Waals surface area contributed by atoms with Crippen LogP contribution in [-0.2, 0) is 34.4 Å². The van der Waals surface area contributed by atoms with Crippen molar-refractivity contribution in [3.05, 3.63) is 105 Å². The number of carbonyl (C=O) groups is 2. The van der Waals surface area contributed by atoms with Gasteiger partial charge < -0.3 is 19.9 Å². The molecule has 0 aliphatic rings. The first-order valence-electron chi connectivity index (χ1n) is 15.3. The van der Waals surface area contributed by atoms with Gasteiger partial charge in [0.1, 0.15) is 0 Å². The number of benzene rings is 4. The van der Waals surface area contributed by atoms with Crippen LogP contribution in [0.15, 0.2) is 101 Å². The molecule has 0 radical (unpaired) electrons. The summed E-state index contributed by atoms with van der Waals surface area (Å²) in [5.74, 6) is -6.39. The van der Waals surface area contributed by atoms with Crippen LogP contribution >= 0.6 is 55.4 Å². The zero-order valence-corrected chi connectivity index (χ0v) is 34.8. The number of esters is 1. The summed E-state index contributed by atoms with van der Waals surface area (Å²) in [6.07, 6.45) is 0. The molecule has 0 heterocycles. The van der Waals surface area contributed by atoms with E-state index in [1.165, 1.54) is 24.3 Å². The van der Waals surface area contributed by atoms with Gasteiger partial charge in [0.05, 0.1) is 16.9 Å². The summed E-state index contributed by atoms with van der Waals surface area (Å²) >= 11 is 8.57. The Bertz CT molecular complexity index is 2130. The van der Waals surface area contributed by atoms with E-state index >= 15 is 0 Å². The molecule has 4 N–H and O–H groups in total. The summed E-state index contributed by atoms with van der Waals surface area (Å²) in [4.78, 5) is 22.4. The van der Waals surface area contributed by atoms with Gasteiger partial charge in [-0.05, 0) is 72.8 Å². The Labute approximate surface area is 339 Å². The number of primary amides is 1. The Hall–Kier alpha value is -3.38. The summed E-state index contributed by atoms with van der Waals surface area (Å²) in [5.41, 5.74) is 4.86. The van der Waals surface area contributed by atoms with Gasteiger partial charge in [-0.25, -0.2) is 48.6 Å². The van der Waals surface area contributed by atoms with Crippen molar-refractivity contribution in [1.29, 1.82) is 0 Å². The molecule has 22 heteroatoms. The van der Waals surface area contributed by atoms with Crippen molar-refractivity contribution >= 4 is 87.3 Å². The monoisotopic (exact) mass is 975 g/mol. The minimum atomic E-state index is -3.67. The second-order valence-electron chi connectivity index (χ2n) is 10.5. The Balaban J connectivity index is 0.000000296. The largest absolute Gasteiger partial charge is 0.478 e. The zero-order chi connectivity index (χ0) is 40.8. The standard InChI is InChI=1S/C17H16BrF2NO5S2.C16H15BrF2N2O4S2/c1-25-16(22)10-26-17-14(19)8-12(9-15(17)20)27-7-6-21-28(23,24)13-4-2-11(18)3-5-13;17-10-1-3-12(4-2-10)27(23,24)21-5-6-26-11-7-13(18)16(14(19)8-11)25-9-15(20)22/h2-5,8-9,21H,6-7,10H2,1H3;1-4,7-8,21H,5-6,9H2,(H2,20,22). The normalized spacial score (nSPS) is 11.3. The quantitative estimate of drug-likeness (QED) is 0.0460. The Morgan fingerprint density at radius 1 is 0.655 bits per heavy atom. The first kappa shape index (κ1) is 46.0. The maximum Gasteiger partial charge on any atom is 0.343 e. The van der Waals surface area contributed by atoms with E-state index in [0.29, 0.717) is 0 Å². The van der Waals surface area contributed by atoms with Crippen molar-refractivity contribution in [1.82, 2.24) is 9.44 Å². The van der Waals surface area contributed by atoms with Crippen LogP contribution in [0.2, 0.25) is 0 Å². The van der Waals surface area contributed by atoms with Crippen molar-refractivity contribution < 1.29 is 58.2 Å². The number of hydrogen-bond donors (Lipinski definition) is 3. The molecule has 0 fully saturated rings. The average molecular weight is 978 g/mol. The molecule has 0 unspecified atom stereocenters. The number of hydrogen-bond acceptors (Lipinski definition) is 11. The van der Waals surface area contributed by atoms with Gasteiger partial charge in [0.25, 0.3) is 5.91 Å². The lowest BCUT2D eigenvalue weighted by Crippen LogP contribution is -2.26. The van der Waals surface area contributed by atoms with Crippen molar-refractivity contribution in [2.45, 2.75) is 19.6 Å². The number of halogens is 6. The van der Waals surface area contributed by atoms with E-state index in [0.717, 1.165) is 63.8 Å². The molecular formula is C33H31Br2F4N3O9S4. The Morgan fingerprint density at radius 3 is 1.33 bits per heavy atom. The lowest BCUT2D eigenvalue weighted by molar-refractivity contribution is -0.143. The number of rotatable bonds is 18. The van der Waals surface area contributed by atoms with Crippen LogP contribution in [0.4, 0.5) is 17.6 Å². The number of thioether (sulfide) groups is 2. The molecule has 0 aromatic heterocycles. The highest BCUT2D eigenvalue weighted by atomic mass is 79.9. The van der Waals surface area contributed by atoms with Crippen molar-refractivity contribution in [2.24, 2.45) is 5.73 Å². The van der Waals surface area contributed by atoms with E-state index < -0.39 is 79.9 Å². The average Bonchev–Trinajstić information content (AvgIpc) is 3.11. The van der Waals surface area contributed by atoms with Crippen LogP contribution in [0.5, 0.6) is 11.5 Å². The number of ether oxygens (including phenoxy) is 3. The van der Waals surface area contributed by atoms with Gasteiger partial charge in [-0.1, -0.05) is 31.9 Å². The zero-order valence-electron chi connectivity index (χ0n) is 28.3. The molecule has 55 heavy (non-hydrogen) atoms. The second kappa shape index (κ2) is 21.8. The molecule has 4 rings (SSSR count). The van der Waals surface area contributed by atoms with Gasteiger partial charge in [-0.15, -0.1) is 23.5 Å². The molecule has 0 bridgehead atoms. The summed E-state index contributed by atoms with van der Waals surface area (Å²) < 4.78 is 124. The lowest BCUT2D eigenvalue weighted by atomic mass is 10.3. The third-order valence-electron chi connectivity index (χ3n) is 6.44. The molecule has 298 valence electrons. The highest BCUT2D eigenvalue weighted by Crippen LogP contribution is 2.30. The number of nitrogens with one attached hydrogen (secondary N) is 2. The third-order valence-corrected chi connectivity index (χ3v) is 12.4. The van der Waals surface area contributed by atoms with Crippen LogP contribution in [0.25, 0.3) is 0 Å². The van der Waals surface area contributed by atoms with Gasteiger partial charge >= 0.3 is 5.97 Å². The fourth-order valence-electron chi connectivity index (χ4n) is 3.93. The predicted molar refractivity (Wildman–Crippen MR) is 205 cm³/mol. The summed E-state index contributed by atoms with van der Waals surface area (Å²) in [7, 11) is -6.21. The van der Waals surface area contributed by atoms with Crippen LogP contribution in [0.1, 0.15) is 0 Å². The topological polar surface area (TPSA) is 180 Å². The second-order valence-corrected chi connectivity index (χ2v) is 18.2. The predicted octanol–water partition coefficient (Wildman–Crippen LogP) is 6.01. The molecule has 1 amide bonds. The molecule has 4 aromatic rings. The van der Waals surface area contributed by atoms with Gasteiger partial charge in [-0.2, -0.15) is 0 Å². The van der Waals surface area contributed by atoms with E-state index in [9.17, 15) is 44.0 Å². The van der Waals surface area contributed by atoms with Crippen molar-refractivity contribution in [3.63, 3.8) is 0 Å². The Morgan fingerprint density at radius 2 is 1.00 bits per heavy atom. The molecule has 0 aliphatic carbocycles. The van der Waals surface area contributed by atoms with Crippen LogP contribution < -0.4 is 24.7 Å². The summed E-state index contributed by atoms with van der Waals surface area (Å²) in [5, 5.41) is 0. The van der Waals surface area contributed by atoms with Gasteiger partial charge in [-0.3, -0.25) is 4.79 Å². The number of methoxy groups -OCH3 is 1. The van der Waals surface area contributed by atoms with Crippen LogP contribution in [0.3, 0.4) is 0 Å². The number of amides is 1. The first-order chi connectivity index (χ1) is 25.9. The van der Waals surface area contributed by atoms with E-state index in [-0.39, 0.29) is 44.2 Å². The maximum absolute atomic E-state index is 14.0. The molecule has 0 spiro atoms. The van der Waals surface area contributed by atoms with Crippen LogP contribution in [0, 0.1) is 23.3 Å². The first-order valence-corrected chi connectivity index (χ1v) is 21.8. The van der Waals surface area contributed by atoms with Crippen molar-refractivity contribution in [2.75, 3.05) is 44.9 Å². The molecule has 4 aromatic carbocycles. The summed E-state index contributed by atoms with van der Waals surface area (Å²) in [6.45, 7) is -1.13. The molecule has 0 saturated carbocycles. The van der Waals surface area contributed by atoms with E-state index in [1.54, 1.807) is 24.3 Å². The number of sulfonamides is 2. The minimum absolute atomic E-state index is 0.0617. The molecule has 0 atom stereocenters. The van der Waals surface area contributed by atoms with E-state index in [2.05, 4.69) is 50.8 Å². The van der Waals surface area contributed by atoms with Crippen LogP contribution in [-0.4, -0.2) is 73.6 Å². The van der Waals surface area contributed by atoms with E-state index in [1.807, 2.05) is 0 Å². The molecule has 0 aliphatic heterocycles. The smallest absolute Gasteiger partial charge is 0.343 e. The maximum atomic E-state index is 14.0. The van der Waals surface area contributed by atoms with Gasteiger partial charge in [0.2, 0.25) is 20.0 Å². The molecular weight excluding hydrogens is 946 g/mol. The number of carbonyl (C=O) groups excluding carboxylic acids is 2. The minimum Gasteiger partial charge on any atom is -0.478 e. The molecule has 12 nitrogen and oxygen atoms in total.